The summed E-state index contributed by atoms with van der Waals surface area (Å²) in [6.45, 7) is 1.65. The number of carbonyl (C=O) groups excluding carboxylic acids is 1. The molecule has 2 atom stereocenters. The number of likely N-dealkylation sites (tertiary alicyclic amines) is 1. The maximum Gasteiger partial charge on any atom is 0.391 e. The third-order valence-corrected chi connectivity index (χ3v) is 4.95. The maximum atomic E-state index is 12.7. The van der Waals surface area contributed by atoms with Gasteiger partial charge in [0.05, 0.1) is 18.0 Å². The van der Waals surface area contributed by atoms with Gasteiger partial charge in [0, 0.05) is 45.3 Å². The zero-order chi connectivity index (χ0) is 16.6. The average Bonchev–Trinajstić information content (AvgIpc) is 3.14. The molecule has 2 saturated heterocycles. The van der Waals surface area contributed by atoms with E-state index in [0.717, 1.165) is 5.56 Å². The van der Waals surface area contributed by atoms with E-state index in [9.17, 15) is 18.0 Å². The third-order valence-electron chi connectivity index (χ3n) is 4.95. The molecule has 0 aromatic carbocycles. The molecule has 5 nitrogen and oxygen atoms in total. The monoisotopic (exact) mass is 330 g/mol. The average molecular weight is 330 g/mol. The summed E-state index contributed by atoms with van der Waals surface area (Å²) >= 11 is 0. The molecule has 0 unspecified atom stereocenters. The number of piperidine rings is 1. The molecule has 2 aliphatic heterocycles. The van der Waals surface area contributed by atoms with E-state index in [1.54, 1.807) is 15.8 Å². The van der Waals surface area contributed by atoms with Gasteiger partial charge in [-0.3, -0.25) is 9.48 Å². The highest BCUT2D eigenvalue weighted by Gasteiger charge is 2.43. The minimum absolute atomic E-state index is 0.00689. The third kappa shape index (κ3) is 3.36. The Morgan fingerprint density at radius 3 is 2.57 bits per heavy atom. The smallest absolute Gasteiger partial charge is 0.342 e. The summed E-state index contributed by atoms with van der Waals surface area (Å²) in [5.41, 5.74) is 1.00. The Labute approximate surface area is 132 Å². The van der Waals surface area contributed by atoms with Crippen LogP contribution in [0.25, 0.3) is 0 Å². The SMILES string of the molecule is Cn1cc([C@H]2CNC[C@@H]2C(=O)N2CCC(C(F)(F)F)CC2)cn1. The van der Waals surface area contributed by atoms with E-state index in [1.807, 2.05) is 13.2 Å². The highest BCUT2D eigenvalue weighted by Crippen LogP contribution is 2.36. The Morgan fingerprint density at radius 1 is 1.30 bits per heavy atom. The molecule has 0 spiro atoms. The van der Waals surface area contributed by atoms with Crippen LogP contribution in [-0.2, 0) is 11.8 Å². The number of rotatable bonds is 2. The van der Waals surface area contributed by atoms with Gasteiger partial charge in [-0.15, -0.1) is 0 Å². The second-order valence-corrected chi connectivity index (χ2v) is 6.46. The van der Waals surface area contributed by atoms with Gasteiger partial charge in [-0.25, -0.2) is 0 Å². The minimum Gasteiger partial charge on any atom is -0.342 e. The molecule has 23 heavy (non-hydrogen) atoms. The number of carbonyl (C=O) groups is 1. The Morgan fingerprint density at radius 2 is 2.00 bits per heavy atom. The number of nitrogens with one attached hydrogen (secondary N) is 1. The highest BCUT2D eigenvalue weighted by atomic mass is 19.4. The molecule has 2 aliphatic rings. The lowest BCUT2D eigenvalue weighted by Crippen LogP contribution is -2.45. The summed E-state index contributed by atoms with van der Waals surface area (Å²) in [5.74, 6) is -1.50. The van der Waals surface area contributed by atoms with Crippen molar-refractivity contribution in [2.45, 2.75) is 24.9 Å². The second-order valence-electron chi connectivity index (χ2n) is 6.46. The molecule has 0 saturated carbocycles. The fraction of sp³-hybridized carbons (Fsp3) is 0.733. The lowest BCUT2D eigenvalue weighted by Gasteiger charge is -2.35. The number of amides is 1. The summed E-state index contributed by atoms with van der Waals surface area (Å²) in [4.78, 5) is 14.3. The van der Waals surface area contributed by atoms with Crippen LogP contribution in [0.4, 0.5) is 13.2 Å². The van der Waals surface area contributed by atoms with Crippen LogP contribution >= 0.6 is 0 Å². The van der Waals surface area contributed by atoms with E-state index >= 15 is 0 Å². The molecule has 1 aromatic heterocycles. The van der Waals surface area contributed by atoms with Crippen molar-refractivity contribution in [1.82, 2.24) is 20.0 Å². The van der Waals surface area contributed by atoms with Gasteiger partial charge in [-0.05, 0) is 18.4 Å². The summed E-state index contributed by atoms with van der Waals surface area (Å²) in [5, 5.41) is 7.36. The number of hydrogen-bond acceptors (Lipinski definition) is 3. The van der Waals surface area contributed by atoms with Crippen LogP contribution in [0, 0.1) is 11.8 Å². The summed E-state index contributed by atoms with van der Waals surface area (Å²) < 4.78 is 39.9. The van der Waals surface area contributed by atoms with Crippen LogP contribution in [0.3, 0.4) is 0 Å². The van der Waals surface area contributed by atoms with Crippen LogP contribution in [0.2, 0.25) is 0 Å². The molecule has 3 rings (SSSR count). The molecule has 0 aliphatic carbocycles. The van der Waals surface area contributed by atoms with Crippen molar-refractivity contribution in [2.75, 3.05) is 26.2 Å². The Kier molecular flexibility index (Phi) is 4.35. The lowest BCUT2D eigenvalue weighted by atomic mass is 9.88. The standard InChI is InChI=1S/C15H21F3N4O/c1-21-9-10(6-20-21)12-7-19-8-13(12)14(23)22-4-2-11(3-5-22)15(16,17)18/h6,9,11-13,19H,2-5,7-8H2,1H3/t12-,13+/m1/s1. The fourth-order valence-electron chi connectivity index (χ4n) is 3.58. The van der Waals surface area contributed by atoms with Crippen molar-refractivity contribution in [3.8, 4) is 0 Å². The van der Waals surface area contributed by atoms with Crippen molar-refractivity contribution < 1.29 is 18.0 Å². The van der Waals surface area contributed by atoms with Crippen molar-refractivity contribution in [2.24, 2.45) is 18.9 Å². The van der Waals surface area contributed by atoms with E-state index in [2.05, 4.69) is 10.4 Å². The van der Waals surface area contributed by atoms with Gasteiger partial charge in [0.25, 0.3) is 0 Å². The molecule has 1 aromatic rings. The van der Waals surface area contributed by atoms with Crippen LogP contribution < -0.4 is 5.32 Å². The Balaban J connectivity index is 1.64. The lowest BCUT2D eigenvalue weighted by molar-refractivity contribution is -0.186. The fourth-order valence-corrected chi connectivity index (χ4v) is 3.58. The molecule has 2 fully saturated rings. The van der Waals surface area contributed by atoms with Gasteiger partial charge in [-0.1, -0.05) is 0 Å². The number of halogens is 3. The molecule has 128 valence electrons. The molecular formula is C15H21F3N4O. The first-order chi connectivity index (χ1) is 10.9. The van der Waals surface area contributed by atoms with Gasteiger partial charge in [0.2, 0.25) is 5.91 Å². The predicted molar refractivity (Wildman–Crippen MR) is 77.7 cm³/mol. The highest BCUT2D eigenvalue weighted by molar-refractivity contribution is 5.80. The first-order valence-corrected chi connectivity index (χ1v) is 7.91. The maximum absolute atomic E-state index is 12.7. The van der Waals surface area contributed by atoms with Crippen LogP contribution in [0.5, 0.6) is 0 Å². The van der Waals surface area contributed by atoms with Crippen LogP contribution in [-0.4, -0.2) is 52.9 Å². The normalized spacial score (nSPS) is 26.7. The van der Waals surface area contributed by atoms with Crippen molar-refractivity contribution in [1.29, 1.82) is 0 Å². The molecule has 0 radical (unpaired) electrons. The zero-order valence-corrected chi connectivity index (χ0v) is 13.0. The first-order valence-electron chi connectivity index (χ1n) is 7.91. The first kappa shape index (κ1) is 16.3. The summed E-state index contributed by atoms with van der Waals surface area (Å²) in [7, 11) is 1.82. The zero-order valence-electron chi connectivity index (χ0n) is 13.0. The molecule has 8 heteroatoms. The molecule has 1 N–H and O–H groups in total. The van der Waals surface area contributed by atoms with Gasteiger partial charge in [0.15, 0.2) is 0 Å². The molecule has 1 amide bonds. The Hall–Kier alpha value is -1.57. The quantitative estimate of drug-likeness (QED) is 0.895. The van der Waals surface area contributed by atoms with Crippen molar-refractivity contribution in [3.63, 3.8) is 0 Å². The van der Waals surface area contributed by atoms with E-state index in [0.29, 0.717) is 13.1 Å². The largest absolute Gasteiger partial charge is 0.391 e. The van der Waals surface area contributed by atoms with E-state index < -0.39 is 12.1 Å². The number of aromatic nitrogens is 2. The molecule has 0 bridgehead atoms. The summed E-state index contributed by atoms with van der Waals surface area (Å²) in [6, 6.07) is 0. The van der Waals surface area contributed by atoms with E-state index in [1.165, 1.54) is 0 Å². The number of nitrogens with zero attached hydrogens (tertiary/aromatic N) is 3. The van der Waals surface area contributed by atoms with Gasteiger partial charge < -0.3 is 10.2 Å². The van der Waals surface area contributed by atoms with Crippen LogP contribution in [0.1, 0.15) is 24.3 Å². The molecule has 3 heterocycles. The number of alkyl halides is 3. The predicted octanol–water partition coefficient (Wildman–Crippen LogP) is 1.52. The number of aryl methyl sites for hydroxylation is 1. The van der Waals surface area contributed by atoms with Crippen LogP contribution in [0.15, 0.2) is 12.4 Å². The van der Waals surface area contributed by atoms with E-state index in [4.69, 9.17) is 0 Å². The topological polar surface area (TPSA) is 50.2 Å². The van der Waals surface area contributed by atoms with Crippen molar-refractivity contribution in [3.05, 3.63) is 18.0 Å². The Bertz CT molecular complexity index is 563. The minimum atomic E-state index is -4.15. The van der Waals surface area contributed by atoms with Gasteiger partial charge in [0.1, 0.15) is 0 Å². The van der Waals surface area contributed by atoms with Gasteiger partial charge in [-0.2, -0.15) is 18.3 Å². The van der Waals surface area contributed by atoms with E-state index in [-0.39, 0.29) is 43.7 Å². The number of hydrogen-bond donors (Lipinski definition) is 1. The van der Waals surface area contributed by atoms with Crippen molar-refractivity contribution >= 4 is 5.91 Å². The second kappa shape index (κ2) is 6.14. The van der Waals surface area contributed by atoms with Gasteiger partial charge >= 0.3 is 6.18 Å². The molecular weight excluding hydrogens is 309 g/mol. The summed E-state index contributed by atoms with van der Waals surface area (Å²) in [6.07, 6.45) is -0.482.